The minimum absolute atomic E-state index is 0.207. The van der Waals surface area contributed by atoms with E-state index in [4.69, 9.17) is 0 Å². The number of hydrogen-bond acceptors (Lipinski definition) is 3. The van der Waals surface area contributed by atoms with E-state index in [1.54, 1.807) is 12.1 Å². The number of hydrogen-bond donors (Lipinski definition) is 0. The molecule has 0 unspecified atom stereocenters. The number of aryl methyl sites for hydroxylation is 4. The van der Waals surface area contributed by atoms with E-state index in [-0.39, 0.29) is 11.8 Å². The quantitative estimate of drug-likeness (QED) is 0.155. The third-order valence-electron chi connectivity index (χ3n) is 10.5. The Morgan fingerprint density at radius 1 is 0.620 bits per heavy atom. The molecule has 0 aromatic heterocycles. The van der Waals surface area contributed by atoms with Crippen LogP contribution in [0.25, 0.3) is 22.3 Å². The van der Waals surface area contributed by atoms with E-state index in [1.807, 2.05) is 0 Å². The van der Waals surface area contributed by atoms with E-state index >= 15 is 0 Å². The highest BCUT2D eigenvalue weighted by atomic mass is 19.4. The zero-order valence-electron chi connectivity index (χ0n) is 30.0. The zero-order chi connectivity index (χ0) is 35.6. The second-order valence-electron chi connectivity index (χ2n) is 14.0. The first-order valence-electron chi connectivity index (χ1n) is 17.5. The Labute approximate surface area is 295 Å². The van der Waals surface area contributed by atoms with Crippen molar-refractivity contribution >= 4 is 5.69 Å². The van der Waals surface area contributed by atoms with Gasteiger partial charge >= 0.3 is 6.36 Å². The normalized spacial score (nSPS) is 14.2. The molecule has 1 fully saturated rings. The van der Waals surface area contributed by atoms with Crippen LogP contribution in [0.4, 0.5) is 18.9 Å². The maximum Gasteiger partial charge on any atom is 0.573 e. The highest BCUT2D eigenvalue weighted by molar-refractivity contribution is 5.68. The molecule has 0 atom stereocenters. The van der Waals surface area contributed by atoms with Crippen molar-refractivity contribution in [3.05, 3.63) is 142 Å². The monoisotopic (exact) mass is 676 g/mol. The Kier molecular flexibility index (Phi) is 10.4. The maximum atomic E-state index is 12.9. The number of rotatable bonds is 9. The first-order valence-corrected chi connectivity index (χ1v) is 17.5. The number of piperidine rings is 1. The summed E-state index contributed by atoms with van der Waals surface area (Å²) in [5.41, 5.74) is 16.0. The molecule has 0 N–H and O–H groups in total. The summed E-state index contributed by atoms with van der Waals surface area (Å²) >= 11 is 0. The highest BCUT2D eigenvalue weighted by Gasteiger charge is 2.31. The first kappa shape index (κ1) is 35.3. The Bertz CT molecular complexity index is 1910. The van der Waals surface area contributed by atoms with Crippen LogP contribution in [0.5, 0.6) is 5.75 Å². The maximum absolute atomic E-state index is 12.9. The molecule has 1 heterocycles. The SMILES string of the molecule is Cc1cc(-c2cccc(CN3CCC(N(Cc4cccc(-c5cc(C)c(C)c(C)c5)c4)c4ccc(OC(F)(F)F)cc4)CC3)c2)cc(C)c1C. The van der Waals surface area contributed by atoms with Crippen molar-refractivity contribution < 1.29 is 17.9 Å². The van der Waals surface area contributed by atoms with Gasteiger partial charge < -0.3 is 9.64 Å². The Morgan fingerprint density at radius 3 is 1.60 bits per heavy atom. The molecule has 50 heavy (non-hydrogen) atoms. The molecule has 5 aromatic carbocycles. The number of nitrogens with zero attached hydrogens (tertiary/aromatic N) is 2. The van der Waals surface area contributed by atoms with Crippen molar-refractivity contribution in [3.8, 4) is 28.0 Å². The van der Waals surface area contributed by atoms with Crippen LogP contribution in [0.2, 0.25) is 0 Å². The molecule has 0 aliphatic carbocycles. The van der Waals surface area contributed by atoms with Crippen molar-refractivity contribution in [2.75, 3.05) is 18.0 Å². The fourth-order valence-corrected chi connectivity index (χ4v) is 7.22. The summed E-state index contributed by atoms with van der Waals surface area (Å²) in [6.45, 7) is 16.4. The summed E-state index contributed by atoms with van der Waals surface area (Å²) in [6, 6.07) is 33.1. The zero-order valence-corrected chi connectivity index (χ0v) is 30.0. The van der Waals surface area contributed by atoms with Gasteiger partial charge in [-0.25, -0.2) is 0 Å². The number of ether oxygens (including phenoxy) is 1. The third kappa shape index (κ3) is 8.42. The lowest BCUT2D eigenvalue weighted by atomic mass is 9.95. The van der Waals surface area contributed by atoms with Crippen molar-refractivity contribution in [3.63, 3.8) is 0 Å². The topological polar surface area (TPSA) is 15.7 Å². The van der Waals surface area contributed by atoms with Gasteiger partial charge in [0.1, 0.15) is 5.75 Å². The Balaban J connectivity index is 1.20. The predicted octanol–water partition coefficient (Wildman–Crippen LogP) is 11.4. The molecular weight excluding hydrogens is 629 g/mol. The lowest BCUT2D eigenvalue weighted by Gasteiger charge is -2.40. The van der Waals surface area contributed by atoms with Crippen LogP contribution >= 0.6 is 0 Å². The fourth-order valence-electron chi connectivity index (χ4n) is 7.22. The average Bonchev–Trinajstić information content (AvgIpc) is 3.08. The molecule has 5 aromatic rings. The standard InChI is InChI=1S/C44H47F3N2O/c1-29-21-39(22-30(2)33(29)5)37-11-7-9-35(25-37)27-48-19-17-42(18-20-48)49(41-13-15-43(16-14-41)50-44(45,46)47)28-36-10-8-12-38(26-36)40-23-31(3)34(6)32(4)24-40/h7-16,21-26,42H,17-20,27-28H2,1-6H3. The van der Waals surface area contributed by atoms with Gasteiger partial charge in [-0.1, -0.05) is 60.7 Å². The summed E-state index contributed by atoms with van der Waals surface area (Å²) < 4.78 is 43.0. The lowest BCUT2D eigenvalue weighted by Crippen LogP contribution is -2.44. The molecule has 0 radical (unpaired) electrons. The minimum Gasteiger partial charge on any atom is -0.406 e. The number of likely N-dealkylation sites (tertiary alicyclic amines) is 1. The highest BCUT2D eigenvalue weighted by Crippen LogP contribution is 2.32. The van der Waals surface area contributed by atoms with E-state index in [2.05, 4.69) is 129 Å². The summed E-state index contributed by atoms with van der Waals surface area (Å²) in [5.74, 6) is -0.207. The number of anilines is 1. The molecule has 0 spiro atoms. The van der Waals surface area contributed by atoms with Gasteiger partial charge in [0.15, 0.2) is 0 Å². The summed E-state index contributed by atoms with van der Waals surface area (Å²) in [4.78, 5) is 4.88. The Hall–Kier alpha value is -4.55. The van der Waals surface area contributed by atoms with Gasteiger partial charge in [-0.2, -0.15) is 0 Å². The molecule has 0 saturated carbocycles. The summed E-state index contributed by atoms with van der Waals surface area (Å²) in [7, 11) is 0. The van der Waals surface area contributed by atoms with E-state index in [1.165, 1.54) is 67.8 Å². The van der Waals surface area contributed by atoms with E-state index in [0.717, 1.165) is 49.3 Å². The van der Waals surface area contributed by atoms with Crippen LogP contribution < -0.4 is 9.64 Å². The summed E-state index contributed by atoms with van der Waals surface area (Å²) in [6.07, 6.45) is -2.82. The number of benzene rings is 5. The van der Waals surface area contributed by atoms with Crippen molar-refractivity contribution in [2.24, 2.45) is 0 Å². The summed E-state index contributed by atoms with van der Waals surface area (Å²) in [5, 5.41) is 0. The Morgan fingerprint density at radius 2 is 1.10 bits per heavy atom. The van der Waals surface area contributed by atoms with E-state index < -0.39 is 6.36 Å². The second kappa shape index (κ2) is 14.7. The largest absolute Gasteiger partial charge is 0.573 e. The van der Waals surface area contributed by atoms with Gasteiger partial charge in [-0.3, -0.25) is 4.90 Å². The van der Waals surface area contributed by atoms with Crippen LogP contribution in [0.3, 0.4) is 0 Å². The van der Waals surface area contributed by atoms with Gasteiger partial charge in [-0.15, -0.1) is 13.2 Å². The van der Waals surface area contributed by atoms with Crippen LogP contribution in [-0.4, -0.2) is 30.4 Å². The molecule has 0 bridgehead atoms. The second-order valence-corrected chi connectivity index (χ2v) is 14.0. The van der Waals surface area contributed by atoms with Gasteiger partial charge in [0, 0.05) is 37.9 Å². The molecule has 1 saturated heterocycles. The average molecular weight is 677 g/mol. The van der Waals surface area contributed by atoms with Crippen LogP contribution in [0.15, 0.2) is 97.1 Å². The molecule has 6 rings (SSSR count). The number of halogens is 3. The van der Waals surface area contributed by atoms with Crippen LogP contribution in [0, 0.1) is 41.5 Å². The van der Waals surface area contributed by atoms with Crippen molar-refractivity contribution in [2.45, 2.75) is 79.9 Å². The predicted molar refractivity (Wildman–Crippen MR) is 200 cm³/mol. The molecule has 260 valence electrons. The van der Waals surface area contributed by atoms with Gasteiger partial charge in [0.2, 0.25) is 0 Å². The van der Waals surface area contributed by atoms with Crippen LogP contribution in [0.1, 0.15) is 57.3 Å². The molecule has 3 nitrogen and oxygen atoms in total. The first-order chi connectivity index (χ1) is 23.8. The third-order valence-corrected chi connectivity index (χ3v) is 10.5. The van der Waals surface area contributed by atoms with Gasteiger partial charge in [-0.05, 0) is 158 Å². The fraction of sp³-hybridized carbons (Fsp3) is 0.318. The molecule has 6 heteroatoms. The lowest BCUT2D eigenvalue weighted by molar-refractivity contribution is -0.274. The van der Waals surface area contributed by atoms with Crippen molar-refractivity contribution in [1.29, 1.82) is 0 Å². The minimum atomic E-state index is -4.72. The molecule has 1 aliphatic heterocycles. The number of alkyl halides is 3. The van der Waals surface area contributed by atoms with Gasteiger partial charge in [0.05, 0.1) is 0 Å². The molecular formula is C44H47F3N2O. The van der Waals surface area contributed by atoms with E-state index in [0.29, 0.717) is 6.54 Å². The molecule has 1 aliphatic rings. The van der Waals surface area contributed by atoms with E-state index in [9.17, 15) is 13.2 Å². The smallest absolute Gasteiger partial charge is 0.406 e. The molecule has 0 amide bonds. The van der Waals surface area contributed by atoms with Crippen molar-refractivity contribution in [1.82, 2.24) is 4.90 Å². The van der Waals surface area contributed by atoms with Gasteiger partial charge in [0.25, 0.3) is 0 Å². The van der Waals surface area contributed by atoms with Crippen LogP contribution in [-0.2, 0) is 13.1 Å².